The maximum Gasteiger partial charge on any atom is 5.00 e. The van der Waals surface area contributed by atoms with Gasteiger partial charge in [-0.1, -0.05) is 0 Å². The average Bonchev–Trinajstić information content (AvgIpc) is 1.36. The summed E-state index contributed by atoms with van der Waals surface area (Å²) < 4.78 is 0. The third-order valence-corrected chi connectivity index (χ3v) is 0.167. The molecule has 0 aliphatic heterocycles. The Morgan fingerprint density at radius 2 is 1.10 bits per heavy atom. The summed E-state index contributed by atoms with van der Waals surface area (Å²) in [5, 5.41) is 17.9. The first-order valence-corrected chi connectivity index (χ1v) is 1.07. The van der Waals surface area contributed by atoms with Gasteiger partial charge in [0.05, 0.1) is 11.9 Å². The first kappa shape index (κ1) is 30.5. The maximum atomic E-state index is 8.93. The SMILES string of the molecule is O=C([O-])C(=O)[O-].[Co+2].[Fe+2].[Mn+2].[V+5]. The van der Waals surface area contributed by atoms with Gasteiger partial charge < -0.3 is 19.8 Å². The quantitative estimate of drug-likeness (QED) is 0.343. The minimum Gasteiger partial charge on any atom is -0.543 e. The molecule has 0 saturated heterocycles. The van der Waals surface area contributed by atoms with Gasteiger partial charge in [-0.25, -0.2) is 0 Å². The number of carboxylic acid groups (broad SMARTS) is 2. The summed E-state index contributed by atoms with van der Waals surface area (Å²) in [6.07, 6.45) is 0. The summed E-state index contributed by atoms with van der Waals surface area (Å²) in [4.78, 5) is 17.9. The number of aliphatic carboxylic acids is 2. The summed E-state index contributed by atoms with van der Waals surface area (Å²) in [7, 11) is 0. The smallest absolute Gasteiger partial charge is 0.543 e. The molecule has 0 aliphatic rings. The maximum absolute atomic E-state index is 8.93. The molecule has 0 aromatic rings. The van der Waals surface area contributed by atoms with Crippen LogP contribution >= 0.6 is 0 Å². The van der Waals surface area contributed by atoms with Gasteiger partial charge in [0.15, 0.2) is 0 Å². The van der Waals surface area contributed by atoms with Crippen LogP contribution in [-0.2, 0) is 79.1 Å². The van der Waals surface area contributed by atoms with Crippen molar-refractivity contribution in [2.24, 2.45) is 0 Å². The Kier molecular flexibility index (Phi) is 50.5. The zero-order valence-electron chi connectivity index (χ0n) is 4.15. The van der Waals surface area contributed by atoms with E-state index in [1.165, 1.54) is 0 Å². The van der Waals surface area contributed by atoms with Crippen molar-refractivity contribution in [2.45, 2.75) is 0 Å². The van der Waals surface area contributed by atoms with E-state index < -0.39 is 11.9 Å². The van der Waals surface area contributed by atoms with Gasteiger partial charge in [0.1, 0.15) is 0 Å². The number of carbonyl (C=O) groups excluding carboxylic acids is 2. The van der Waals surface area contributed by atoms with E-state index >= 15 is 0 Å². The fourth-order valence-corrected chi connectivity index (χ4v) is 0. The van der Waals surface area contributed by atoms with Crippen molar-refractivity contribution in [1.82, 2.24) is 0 Å². The molecule has 0 aromatic carbocycles. The second kappa shape index (κ2) is 16.6. The Morgan fingerprint density at radius 1 is 1.00 bits per heavy atom. The molecule has 0 unspecified atom stereocenters. The molecule has 52 valence electrons. The minimum absolute atomic E-state index is 0. The van der Waals surface area contributed by atoms with Crippen LogP contribution in [-0.4, -0.2) is 11.9 Å². The summed E-state index contributed by atoms with van der Waals surface area (Å²) in [5.41, 5.74) is 0. The Morgan fingerprint density at radius 3 is 1.10 bits per heavy atom. The number of rotatable bonds is 0. The van der Waals surface area contributed by atoms with Crippen molar-refractivity contribution in [3.05, 3.63) is 0 Å². The van der Waals surface area contributed by atoms with Gasteiger partial charge in [0.25, 0.3) is 0 Å². The van der Waals surface area contributed by atoms with Crippen LogP contribution in [0.4, 0.5) is 0 Å². The number of hydrogen-bond acceptors (Lipinski definition) is 4. The van der Waals surface area contributed by atoms with Crippen molar-refractivity contribution >= 4 is 11.9 Å². The van der Waals surface area contributed by atoms with E-state index in [4.69, 9.17) is 19.8 Å². The van der Waals surface area contributed by atoms with Gasteiger partial charge in [0, 0.05) is 0 Å². The molecular weight excluding hydrogens is 309 g/mol. The first-order chi connectivity index (χ1) is 2.64. The molecule has 0 N–H and O–H groups in total. The molecule has 0 heterocycles. The zero-order chi connectivity index (χ0) is 5.15. The molecule has 2 radical (unpaired) electrons. The zero-order valence-corrected chi connectivity index (χ0v) is 8.87. The van der Waals surface area contributed by atoms with Crippen LogP contribution < -0.4 is 10.2 Å². The van der Waals surface area contributed by atoms with Crippen LogP contribution in [0.3, 0.4) is 0 Å². The van der Waals surface area contributed by atoms with Crippen molar-refractivity contribution < 1.29 is 89.3 Å². The molecule has 0 bridgehead atoms. The molecule has 0 aliphatic carbocycles. The molecule has 0 amide bonds. The molecule has 0 saturated carbocycles. The van der Waals surface area contributed by atoms with Gasteiger partial charge in [-0.2, -0.15) is 0 Å². The van der Waals surface area contributed by atoms with Crippen molar-refractivity contribution in [1.29, 1.82) is 0 Å². The molecule has 0 atom stereocenters. The van der Waals surface area contributed by atoms with Crippen LogP contribution in [0.5, 0.6) is 0 Å². The Balaban J connectivity index is -0.0000000208. The summed E-state index contributed by atoms with van der Waals surface area (Å²) >= 11 is 0. The Hall–Kier alpha value is 1.07. The van der Waals surface area contributed by atoms with Crippen LogP contribution in [0.25, 0.3) is 0 Å². The van der Waals surface area contributed by atoms with Crippen LogP contribution in [0.15, 0.2) is 0 Å². The molecule has 0 fully saturated rings. The molecular formula is C2CoFeMnO4V+9. The second-order valence-electron chi connectivity index (χ2n) is 0.575. The topological polar surface area (TPSA) is 80.3 Å². The summed E-state index contributed by atoms with van der Waals surface area (Å²) in [6, 6.07) is 0. The molecule has 0 rings (SSSR count). The molecule has 8 heteroatoms. The van der Waals surface area contributed by atoms with E-state index in [2.05, 4.69) is 0 Å². The summed E-state index contributed by atoms with van der Waals surface area (Å²) in [6.45, 7) is 0. The van der Waals surface area contributed by atoms with E-state index in [0.717, 1.165) is 0 Å². The van der Waals surface area contributed by atoms with E-state index in [1.54, 1.807) is 0 Å². The van der Waals surface area contributed by atoms with Crippen molar-refractivity contribution in [2.75, 3.05) is 0 Å². The van der Waals surface area contributed by atoms with Gasteiger partial charge in [-0.05, 0) is 0 Å². The number of carboxylic acids is 2. The fraction of sp³-hybridized carbons (Fsp3) is 0. The van der Waals surface area contributed by atoms with Gasteiger partial charge >= 0.3 is 69.5 Å². The van der Waals surface area contributed by atoms with E-state index in [-0.39, 0.29) is 69.5 Å². The third-order valence-electron chi connectivity index (χ3n) is 0.167. The second-order valence-corrected chi connectivity index (χ2v) is 0.575. The average molecular weight is 309 g/mol. The molecule has 10 heavy (non-hydrogen) atoms. The predicted octanol–water partition coefficient (Wildman–Crippen LogP) is -3.52. The minimum atomic E-state index is -2.19. The predicted molar refractivity (Wildman–Crippen MR) is 10.0 cm³/mol. The standard InChI is InChI=1S/C2H2O4.Co.Fe.Mn.V/c3-1(4)2(5)6;;;;/h(H,3,4)(H,5,6);;;;/q;3*+2;+5/p-2. The van der Waals surface area contributed by atoms with E-state index in [0.29, 0.717) is 0 Å². The monoisotopic (exact) mass is 309 g/mol. The van der Waals surface area contributed by atoms with Crippen LogP contribution in [0, 0.1) is 0 Å². The van der Waals surface area contributed by atoms with Gasteiger partial charge in [0.2, 0.25) is 0 Å². The van der Waals surface area contributed by atoms with Crippen LogP contribution in [0.2, 0.25) is 0 Å². The Bertz CT molecular complexity index is 89.3. The van der Waals surface area contributed by atoms with Crippen LogP contribution in [0.1, 0.15) is 0 Å². The number of hydrogen-bond donors (Lipinski definition) is 0. The largest absolute Gasteiger partial charge is 5.00 e. The van der Waals surface area contributed by atoms with E-state index in [9.17, 15) is 0 Å². The molecule has 4 nitrogen and oxygen atoms in total. The Labute approximate surface area is 101 Å². The normalized spacial score (nSPS) is 4.40. The third kappa shape index (κ3) is 23.0. The molecule has 0 spiro atoms. The van der Waals surface area contributed by atoms with Gasteiger partial charge in [-0.3, -0.25) is 0 Å². The number of carbonyl (C=O) groups is 2. The summed E-state index contributed by atoms with van der Waals surface area (Å²) in [5.74, 6) is -4.37. The fourth-order valence-electron chi connectivity index (χ4n) is 0. The first-order valence-electron chi connectivity index (χ1n) is 1.07. The molecule has 0 aromatic heterocycles. The van der Waals surface area contributed by atoms with E-state index in [1.807, 2.05) is 0 Å². The van der Waals surface area contributed by atoms with Gasteiger partial charge in [-0.15, -0.1) is 0 Å². The van der Waals surface area contributed by atoms with Crippen molar-refractivity contribution in [3.63, 3.8) is 0 Å². The van der Waals surface area contributed by atoms with Crippen molar-refractivity contribution in [3.8, 4) is 0 Å².